The van der Waals surface area contributed by atoms with Gasteiger partial charge in [0.25, 0.3) is 0 Å². The molecule has 0 amide bonds. The molecule has 2 heteroatoms. The maximum atomic E-state index is 2.60. The molecule has 0 atom stereocenters. The molecule has 0 saturated heterocycles. The Hall–Kier alpha value is -9.76. The van der Waals surface area contributed by atoms with Crippen LogP contribution in [0.3, 0.4) is 0 Å². The van der Waals surface area contributed by atoms with Crippen LogP contribution in [0.1, 0.15) is 49.9 Å². The lowest BCUT2D eigenvalue weighted by Crippen LogP contribution is -2.15. The topological polar surface area (TPSA) is 9.86 Å². The SMILES string of the molecule is CC1(C)c2ccccc2-c2c(-n3c4ccccc4c4cccc5c6ccccc6n(-c6cccc7c6-c6ccccc6C7(C)C)c6ccc(-c7ccccc7)cc6c6cccc(c7cc(-c8ccccc8)ccc73)c6c45)cccc21. The third-order valence-corrected chi connectivity index (χ3v) is 18.2. The fourth-order valence-corrected chi connectivity index (χ4v) is 14.5. The average Bonchev–Trinajstić information content (AvgIpc) is 3.99. The molecule has 0 aliphatic heterocycles. The molecule has 0 saturated carbocycles. The number of rotatable bonds is 4. The number of fused-ring (bicyclic) bond motifs is 14. The van der Waals surface area contributed by atoms with Crippen molar-refractivity contribution in [2.45, 2.75) is 38.5 Å². The van der Waals surface area contributed by atoms with Gasteiger partial charge in [0.15, 0.2) is 0 Å². The Morgan fingerprint density at radius 3 is 1.00 bits per heavy atom. The Kier molecular flexibility index (Phi) is 10.1. The van der Waals surface area contributed by atoms with E-state index in [2.05, 4.69) is 304 Å². The minimum atomic E-state index is -0.190. The molecule has 0 unspecified atom stereocenters. The standard InChI is InChI=1S/C78H56N2/c1-77(2)63-35-15-11-29-59(63)75-65(77)37-21-41-71(75)79-67-39-17-13-27-53(67)55-31-19-32-56-54-28-14-18-40-68(54)80(72-42-22-38-66-76(72)60-30-12-16-36-64(60)78(66,3)4)70-46-44-52(50-25-9-6-10-26-50)48-62(70)58-34-20-33-57(74(58)73(55)56)61-47-51(43-45-69(61)79)49-23-7-5-8-24-49/h5-48H,1-4H3. The molecule has 2 nitrogen and oxygen atoms in total. The van der Waals surface area contributed by atoms with Crippen molar-refractivity contribution >= 4 is 75.9 Å². The molecule has 0 bridgehead atoms. The summed E-state index contributed by atoms with van der Waals surface area (Å²) < 4.78 is 5.21. The minimum Gasteiger partial charge on any atom is -0.309 e. The number of aromatic nitrogens is 2. The monoisotopic (exact) mass is 1020 g/mol. The van der Waals surface area contributed by atoms with Gasteiger partial charge in [-0.05, 0) is 136 Å². The number of benzene rings is 12. The Morgan fingerprint density at radius 2 is 0.562 bits per heavy atom. The van der Waals surface area contributed by atoms with Gasteiger partial charge >= 0.3 is 0 Å². The lowest BCUT2D eigenvalue weighted by atomic mass is 9.82. The van der Waals surface area contributed by atoms with Crippen LogP contribution in [0.4, 0.5) is 0 Å². The van der Waals surface area contributed by atoms with Crippen LogP contribution < -0.4 is 0 Å². The zero-order chi connectivity index (χ0) is 53.4. The van der Waals surface area contributed by atoms with Crippen molar-refractivity contribution in [2.75, 3.05) is 0 Å². The van der Waals surface area contributed by atoms with E-state index in [1.807, 2.05) is 0 Å². The second-order valence-corrected chi connectivity index (χ2v) is 23.1. The van der Waals surface area contributed by atoms with E-state index >= 15 is 0 Å². The zero-order valence-electron chi connectivity index (χ0n) is 45.3. The van der Waals surface area contributed by atoms with Crippen LogP contribution in [-0.4, -0.2) is 9.13 Å². The molecule has 0 fully saturated rings. The molecule has 378 valence electrons. The molecule has 0 spiro atoms. The minimum absolute atomic E-state index is 0.190. The van der Waals surface area contributed by atoms with Crippen LogP contribution in [0.25, 0.3) is 132 Å². The Balaban J connectivity index is 1.21. The van der Waals surface area contributed by atoms with Crippen molar-refractivity contribution in [3.8, 4) is 55.9 Å². The largest absolute Gasteiger partial charge is 0.309 e. The first-order valence-electron chi connectivity index (χ1n) is 28.2. The quantitative estimate of drug-likeness (QED) is 0.166. The fraction of sp³-hybridized carbons (Fsp3) is 0.0769. The molecule has 2 heterocycles. The van der Waals surface area contributed by atoms with Crippen LogP contribution in [0.2, 0.25) is 0 Å². The molecule has 0 radical (unpaired) electrons. The first kappa shape index (κ1) is 46.3. The summed E-state index contributed by atoms with van der Waals surface area (Å²) in [6, 6.07) is 101. The predicted molar refractivity (Wildman–Crippen MR) is 340 cm³/mol. The van der Waals surface area contributed by atoms with E-state index in [9.17, 15) is 0 Å². The van der Waals surface area contributed by atoms with E-state index in [4.69, 9.17) is 0 Å². The Morgan fingerprint density at radius 1 is 0.237 bits per heavy atom. The highest BCUT2D eigenvalue weighted by molar-refractivity contribution is 6.34. The molecule has 80 heavy (non-hydrogen) atoms. The summed E-state index contributed by atoms with van der Waals surface area (Å²) in [7, 11) is 0. The summed E-state index contributed by atoms with van der Waals surface area (Å²) in [5.74, 6) is 0. The second kappa shape index (κ2) is 17.4. The Labute approximate surface area is 466 Å². The molecular weight excluding hydrogens is 965 g/mol. The van der Waals surface area contributed by atoms with E-state index in [1.165, 1.54) is 121 Å². The van der Waals surface area contributed by atoms with Crippen molar-refractivity contribution in [2.24, 2.45) is 0 Å². The number of hydrogen-bond donors (Lipinski definition) is 0. The van der Waals surface area contributed by atoms with Gasteiger partial charge in [0.2, 0.25) is 0 Å². The average molecular weight is 1020 g/mol. The molecular formula is C78H56N2. The van der Waals surface area contributed by atoms with Gasteiger partial charge in [-0.15, -0.1) is 0 Å². The first-order chi connectivity index (χ1) is 39.3. The van der Waals surface area contributed by atoms with Gasteiger partial charge in [0.1, 0.15) is 0 Å². The molecule has 2 aliphatic carbocycles. The summed E-state index contributed by atoms with van der Waals surface area (Å²) in [4.78, 5) is 0. The second-order valence-electron chi connectivity index (χ2n) is 23.1. The molecule has 14 aromatic rings. The van der Waals surface area contributed by atoms with Gasteiger partial charge in [0.05, 0.1) is 33.4 Å². The van der Waals surface area contributed by atoms with Gasteiger partial charge in [-0.3, -0.25) is 0 Å². The van der Waals surface area contributed by atoms with Crippen LogP contribution in [0, 0.1) is 0 Å². The van der Waals surface area contributed by atoms with E-state index in [1.54, 1.807) is 0 Å². The van der Waals surface area contributed by atoms with E-state index < -0.39 is 0 Å². The van der Waals surface area contributed by atoms with Gasteiger partial charge in [0, 0.05) is 43.5 Å². The third kappa shape index (κ3) is 6.60. The van der Waals surface area contributed by atoms with E-state index in [-0.39, 0.29) is 10.8 Å². The molecule has 16 rings (SSSR count). The third-order valence-electron chi connectivity index (χ3n) is 18.2. The van der Waals surface area contributed by atoms with Gasteiger partial charge in [-0.25, -0.2) is 0 Å². The number of hydrogen-bond acceptors (Lipinski definition) is 0. The van der Waals surface area contributed by atoms with Crippen LogP contribution in [-0.2, 0) is 10.8 Å². The van der Waals surface area contributed by atoms with Crippen molar-refractivity contribution in [1.82, 2.24) is 9.13 Å². The van der Waals surface area contributed by atoms with E-state index in [0.29, 0.717) is 0 Å². The molecule has 2 aromatic heterocycles. The molecule has 0 N–H and O–H groups in total. The van der Waals surface area contributed by atoms with Crippen molar-refractivity contribution in [3.05, 3.63) is 289 Å². The maximum Gasteiger partial charge on any atom is 0.0543 e. The predicted octanol–water partition coefficient (Wildman–Crippen LogP) is 21.0. The maximum absolute atomic E-state index is 2.60. The van der Waals surface area contributed by atoms with Gasteiger partial charge in [-0.2, -0.15) is 0 Å². The van der Waals surface area contributed by atoms with E-state index in [0.717, 1.165) is 32.8 Å². The highest BCUT2D eigenvalue weighted by atomic mass is 15.0. The summed E-state index contributed by atoms with van der Waals surface area (Å²) in [6.45, 7) is 9.55. The fourth-order valence-electron chi connectivity index (χ4n) is 14.5. The van der Waals surface area contributed by atoms with Gasteiger partial charge < -0.3 is 9.13 Å². The van der Waals surface area contributed by atoms with Crippen molar-refractivity contribution < 1.29 is 0 Å². The summed E-state index contributed by atoms with van der Waals surface area (Å²) in [5.41, 5.74) is 21.7. The van der Waals surface area contributed by atoms with Crippen molar-refractivity contribution in [3.63, 3.8) is 0 Å². The lowest BCUT2D eigenvalue weighted by molar-refractivity contribution is 0.660. The van der Waals surface area contributed by atoms with Gasteiger partial charge in [-0.1, -0.05) is 246 Å². The van der Waals surface area contributed by atoms with Crippen LogP contribution in [0.5, 0.6) is 0 Å². The normalized spacial score (nSPS) is 13.7. The lowest BCUT2D eigenvalue weighted by Gasteiger charge is -2.22. The van der Waals surface area contributed by atoms with Crippen molar-refractivity contribution in [1.29, 1.82) is 0 Å². The summed E-state index contributed by atoms with van der Waals surface area (Å²) in [6.07, 6.45) is 0. The van der Waals surface area contributed by atoms with Crippen LogP contribution in [0.15, 0.2) is 267 Å². The summed E-state index contributed by atoms with van der Waals surface area (Å²) in [5, 5.41) is 11.8. The van der Waals surface area contributed by atoms with Crippen LogP contribution >= 0.6 is 0 Å². The Bertz CT molecular complexity index is 4740. The smallest absolute Gasteiger partial charge is 0.0543 e. The highest BCUT2D eigenvalue weighted by Crippen LogP contribution is 2.54. The summed E-state index contributed by atoms with van der Waals surface area (Å²) >= 11 is 0. The molecule has 12 aromatic carbocycles. The first-order valence-corrected chi connectivity index (χ1v) is 28.2. The highest BCUT2D eigenvalue weighted by Gasteiger charge is 2.38. The molecule has 2 aliphatic rings. The number of para-hydroxylation sites is 2. The number of nitrogens with zero attached hydrogens (tertiary/aromatic N) is 2. The zero-order valence-corrected chi connectivity index (χ0v) is 45.3.